The summed E-state index contributed by atoms with van der Waals surface area (Å²) in [5.41, 5.74) is 4.54. The third-order valence-electron chi connectivity index (χ3n) is 12.1. The Hall–Kier alpha value is -2.29. The summed E-state index contributed by atoms with van der Waals surface area (Å²) in [6.45, 7) is -1.83. The molecule has 4 saturated heterocycles. The van der Waals surface area contributed by atoms with E-state index in [1.165, 1.54) is 24.9 Å². The number of nitrogens with two attached hydrogens (primary N) is 1. The quantitative estimate of drug-likeness (QED) is 0.0260. The predicted octanol–water partition coefficient (Wildman–Crippen LogP) is -7.29. The molecule has 1 amide bonds. The van der Waals surface area contributed by atoms with Crippen LogP contribution >= 0.6 is 31.3 Å². The summed E-state index contributed by atoms with van der Waals surface area (Å²) < 4.78 is 63.4. The smallest absolute Gasteiger partial charge is 0.465 e. The summed E-state index contributed by atoms with van der Waals surface area (Å²) in [5.74, 6) is -5.29. The van der Waals surface area contributed by atoms with Gasteiger partial charge in [0, 0.05) is 26.0 Å². The van der Waals surface area contributed by atoms with E-state index < -0.39 is 173 Å². The minimum absolute atomic E-state index is 0.0212. The zero-order valence-corrected chi connectivity index (χ0v) is 41.4. The number of nitrogens with one attached hydrogen (secondary N) is 1. The van der Waals surface area contributed by atoms with Crippen molar-refractivity contribution in [3.05, 3.63) is 22.7 Å². The summed E-state index contributed by atoms with van der Waals surface area (Å²) in [7, 11) is -3.70. The van der Waals surface area contributed by atoms with Crippen LogP contribution in [0.15, 0.2) is 17.1 Å². The molecule has 5 rings (SSSR count). The van der Waals surface area contributed by atoms with Crippen molar-refractivity contribution >= 4 is 49.0 Å². The number of rotatable bonds is 24. The van der Waals surface area contributed by atoms with Crippen molar-refractivity contribution in [2.24, 2.45) is 0 Å². The molecule has 16 N–H and O–H groups in total. The highest BCUT2D eigenvalue weighted by atomic mass is 32.2. The maximum atomic E-state index is 13.8. The van der Waals surface area contributed by atoms with Crippen LogP contribution < -0.4 is 16.7 Å². The van der Waals surface area contributed by atoms with Crippen molar-refractivity contribution in [2.45, 2.75) is 154 Å². The molecule has 0 bridgehead atoms. The van der Waals surface area contributed by atoms with Gasteiger partial charge in [0.2, 0.25) is 5.91 Å². The van der Waals surface area contributed by atoms with Crippen LogP contribution in [0, 0.1) is 0 Å². The summed E-state index contributed by atoms with van der Waals surface area (Å²) >= 11 is 2.00. The molecule has 0 saturated carbocycles. The third-order valence-corrected chi connectivity index (χ3v) is 15.7. The number of unbranched alkanes of at least 4 members (excludes halogenated alkanes) is 2. The number of amides is 1. The molecule has 4 aliphatic rings. The van der Waals surface area contributed by atoms with Gasteiger partial charge in [-0.2, -0.15) is 16.7 Å². The first-order chi connectivity index (χ1) is 34.0. The van der Waals surface area contributed by atoms with Gasteiger partial charge in [-0.15, -0.1) is 11.8 Å². The van der Waals surface area contributed by atoms with E-state index in [4.69, 9.17) is 47.9 Å². The van der Waals surface area contributed by atoms with E-state index in [0.29, 0.717) is 25.0 Å². The molecule has 22 atom stereocenters. The zero-order valence-electron chi connectivity index (χ0n) is 38.9. The molecule has 1 aromatic rings. The van der Waals surface area contributed by atoms with Crippen LogP contribution in [-0.4, -0.2) is 260 Å². The van der Waals surface area contributed by atoms with E-state index in [1.54, 1.807) is 0 Å². The van der Waals surface area contributed by atoms with Gasteiger partial charge in [0.05, 0.1) is 50.4 Å². The first-order valence-corrected chi connectivity index (χ1v) is 26.1. The highest BCUT2D eigenvalue weighted by Crippen LogP contribution is 2.54. The van der Waals surface area contributed by atoms with Crippen molar-refractivity contribution in [2.75, 3.05) is 57.0 Å². The number of aromatic nitrogens is 2. The zero-order chi connectivity index (χ0) is 53.4. The van der Waals surface area contributed by atoms with Crippen LogP contribution in [-0.2, 0) is 56.4 Å². The molecule has 0 aliphatic carbocycles. The molecular formula is C39H65N4O26PS2. The second kappa shape index (κ2) is 26.7. The van der Waals surface area contributed by atoms with Gasteiger partial charge in [0.1, 0.15) is 85.2 Å². The number of ether oxygens (including phenoxy) is 7. The molecule has 33 heteroatoms. The number of nitrogens with zero attached hydrogens (tertiary/aromatic N) is 2. The van der Waals surface area contributed by atoms with Gasteiger partial charge in [-0.25, -0.2) is 18.7 Å². The average molecular weight is 1100 g/mol. The van der Waals surface area contributed by atoms with Crippen molar-refractivity contribution in [3.63, 3.8) is 0 Å². The summed E-state index contributed by atoms with van der Waals surface area (Å²) in [4.78, 5) is 53.3. The Balaban J connectivity index is 1.25. The maximum absolute atomic E-state index is 13.8. The maximum Gasteiger partial charge on any atom is 0.475 e. The average Bonchev–Trinajstić information content (AvgIpc) is 3.62. The van der Waals surface area contributed by atoms with Crippen LogP contribution in [0.3, 0.4) is 0 Å². The van der Waals surface area contributed by atoms with Gasteiger partial charge < -0.3 is 110 Å². The lowest BCUT2D eigenvalue weighted by Gasteiger charge is -2.50. The summed E-state index contributed by atoms with van der Waals surface area (Å²) in [6.07, 6.45) is -28.2. The first kappa shape index (κ1) is 60.6. The first-order valence-electron chi connectivity index (χ1n) is 22.4. The number of hydrogen-bond donors (Lipinski definition) is 15. The van der Waals surface area contributed by atoms with Gasteiger partial charge in [0.15, 0.2) is 18.8 Å². The van der Waals surface area contributed by atoms with Crippen molar-refractivity contribution in [1.29, 1.82) is 0 Å². The molecule has 0 aromatic carbocycles. The highest BCUT2D eigenvalue weighted by Gasteiger charge is 2.65. The number of carbonyl (C=O) groups excluding carboxylic acids is 2. The van der Waals surface area contributed by atoms with Gasteiger partial charge >= 0.3 is 19.5 Å². The molecular weight excluding hydrogens is 1040 g/mol. The molecule has 5 heterocycles. The fourth-order valence-corrected chi connectivity index (χ4v) is 11.8. The van der Waals surface area contributed by atoms with E-state index in [-0.39, 0.29) is 17.3 Å². The Morgan fingerprint density at radius 3 is 2.17 bits per heavy atom. The number of nitrogen functional groups attached to an aromatic ring is 1. The summed E-state index contributed by atoms with van der Waals surface area (Å²) in [5, 5.41) is 128. The second-order valence-electron chi connectivity index (χ2n) is 17.1. The standard InChI is InChI=1S/C39H65N4O26PS2/c1-15(46)41-21-25(51)33(72-10-6-4-5-9-71-14-19-24(50)26(52)29(55)36(66-19)67-31-17(12-45)65-35(61-2)30(56)27(31)53)39(37(57)62-3,68-32(21)22(48)16(47)11-44)69-70(59,60)63-13-18-23(49)28(54)34(64-18)43-8-7-20(40)42-38(43)58/h7-8,16-19,21-36,44-45,47-56H,4-6,9-14H2,1-3H3,(H,41,46)(H,59,60)(H2,40,42,58)/t16-,17-,18-,19-,21-,22-,23-,24+,25-,26+,27-,28-,29-,30-,31+,32-,33-,34-,35-,36+,39-/m1/s1. The Morgan fingerprint density at radius 1 is 0.889 bits per heavy atom. The second-order valence-corrected chi connectivity index (χ2v) is 20.9. The molecule has 1 aromatic heterocycles. The summed E-state index contributed by atoms with van der Waals surface area (Å²) in [6, 6.07) is -0.490. The molecule has 0 radical (unpaired) electrons. The lowest BCUT2D eigenvalue weighted by molar-refractivity contribution is -0.353. The van der Waals surface area contributed by atoms with Crippen LogP contribution in [0.25, 0.3) is 0 Å². The van der Waals surface area contributed by atoms with Gasteiger partial charge in [-0.3, -0.25) is 13.9 Å². The minimum Gasteiger partial charge on any atom is -0.465 e. The van der Waals surface area contributed by atoms with E-state index in [0.717, 1.165) is 36.6 Å². The number of aliphatic hydroxyl groups is 12. The number of carbonyl (C=O) groups is 2. The molecule has 30 nitrogen and oxygen atoms in total. The van der Waals surface area contributed by atoms with Crippen LogP contribution in [0.2, 0.25) is 0 Å². The van der Waals surface area contributed by atoms with E-state index >= 15 is 0 Å². The Morgan fingerprint density at radius 2 is 1.54 bits per heavy atom. The van der Waals surface area contributed by atoms with Crippen molar-refractivity contribution in [1.82, 2.24) is 14.9 Å². The van der Waals surface area contributed by atoms with Crippen LogP contribution in [0.5, 0.6) is 0 Å². The lowest BCUT2D eigenvalue weighted by atomic mass is 9.88. The minimum atomic E-state index is -5.72. The number of esters is 1. The molecule has 72 heavy (non-hydrogen) atoms. The topological polar surface area (TPSA) is 470 Å². The van der Waals surface area contributed by atoms with E-state index in [9.17, 15) is 85.1 Å². The van der Waals surface area contributed by atoms with Gasteiger partial charge in [-0.1, -0.05) is 6.42 Å². The Bertz CT molecular complexity index is 2020. The molecule has 0 spiro atoms. The van der Waals surface area contributed by atoms with E-state index in [1.807, 2.05) is 0 Å². The number of phosphoric ester groups is 1. The lowest BCUT2D eigenvalue weighted by Crippen LogP contribution is -2.73. The Kier molecular flexibility index (Phi) is 22.4. The van der Waals surface area contributed by atoms with E-state index in [2.05, 4.69) is 10.3 Å². The van der Waals surface area contributed by atoms with Gasteiger partial charge in [0.25, 0.3) is 5.79 Å². The van der Waals surface area contributed by atoms with Gasteiger partial charge in [-0.05, 0) is 30.4 Å². The largest absolute Gasteiger partial charge is 0.475 e. The normalized spacial score (nSPS) is 38.9. The highest BCUT2D eigenvalue weighted by molar-refractivity contribution is 8.00. The van der Waals surface area contributed by atoms with Crippen molar-refractivity contribution < 1.29 is 123 Å². The fraction of sp³-hybridized carbons (Fsp3) is 0.846. The number of anilines is 1. The molecule has 4 aliphatic heterocycles. The van der Waals surface area contributed by atoms with Crippen LogP contribution in [0.4, 0.5) is 5.82 Å². The third kappa shape index (κ3) is 14.0. The SMILES string of the molecule is COC(=O)[C@@]1(OP(=O)(O)OC[C@H]2O[C@@H](n3ccc(N)nc3=O)[C@H](O)[C@@H]2O)O[C@@H]([C@H](O)[C@H](O)CO)[C@H](NC(C)=O)[C@@H](O)[C@H]1SCCCCCSC[C@H]1O[C@@H](O[C@@H]2[C@H](O)[C@@H](O)[C@H](OC)O[C@@H]2CO)[C@H](O)[C@@H](O)[C@H]1O. The number of phosphoric acid groups is 1. The van der Waals surface area contributed by atoms with Crippen LogP contribution in [0.1, 0.15) is 32.4 Å². The molecule has 414 valence electrons. The molecule has 4 fully saturated rings. The molecule has 1 unspecified atom stereocenters. The fourth-order valence-electron chi connectivity index (χ4n) is 8.30. The van der Waals surface area contributed by atoms with Crippen molar-refractivity contribution in [3.8, 4) is 0 Å². The number of hydrogen-bond acceptors (Lipinski definition) is 29. The number of thioether (sulfide) groups is 2. The number of aliphatic hydroxyl groups excluding tert-OH is 12. The predicted molar refractivity (Wildman–Crippen MR) is 242 cm³/mol. The Labute approximate surface area is 418 Å². The number of methoxy groups -OCH3 is 2. The monoisotopic (exact) mass is 1100 g/mol.